The Morgan fingerprint density at radius 2 is 1.86 bits per heavy atom. The Hall–Kier alpha value is -0.0800. The minimum atomic E-state index is 0.380. The molecule has 2 N–H and O–H groups in total. The van der Waals surface area contributed by atoms with Gasteiger partial charge in [0.2, 0.25) is 0 Å². The van der Waals surface area contributed by atoms with E-state index in [1.54, 1.807) is 0 Å². The van der Waals surface area contributed by atoms with Crippen LogP contribution in [0.5, 0.6) is 0 Å². The van der Waals surface area contributed by atoms with Crippen LogP contribution in [-0.2, 0) is 0 Å². The second kappa shape index (κ2) is 5.72. The Balaban J connectivity index is 2.22. The first-order valence-electron chi connectivity index (χ1n) is 6.11. The molecule has 1 aliphatic heterocycles. The van der Waals surface area contributed by atoms with E-state index in [1.807, 2.05) is 0 Å². The van der Waals surface area contributed by atoms with E-state index in [1.165, 1.54) is 25.9 Å². The predicted octanol–water partition coefficient (Wildman–Crippen LogP) is 2.09. The van der Waals surface area contributed by atoms with Gasteiger partial charge in [-0.05, 0) is 44.2 Å². The molecular formula is C12H26N2. The van der Waals surface area contributed by atoms with Crippen molar-refractivity contribution in [3.05, 3.63) is 0 Å². The van der Waals surface area contributed by atoms with Crippen molar-refractivity contribution in [2.75, 3.05) is 19.6 Å². The van der Waals surface area contributed by atoms with Crippen LogP contribution in [0.4, 0.5) is 0 Å². The highest BCUT2D eigenvalue weighted by Gasteiger charge is 2.21. The fourth-order valence-corrected chi connectivity index (χ4v) is 2.26. The van der Waals surface area contributed by atoms with Gasteiger partial charge >= 0.3 is 0 Å². The number of hydrogen-bond acceptors (Lipinski definition) is 2. The Morgan fingerprint density at radius 1 is 1.29 bits per heavy atom. The Kier molecular flexibility index (Phi) is 4.90. The van der Waals surface area contributed by atoms with Gasteiger partial charge in [-0.2, -0.15) is 0 Å². The van der Waals surface area contributed by atoms with Crippen molar-refractivity contribution in [3.8, 4) is 0 Å². The van der Waals surface area contributed by atoms with E-state index in [-0.39, 0.29) is 0 Å². The van der Waals surface area contributed by atoms with Crippen LogP contribution in [0.2, 0.25) is 0 Å². The van der Waals surface area contributed by atoms with Crippen molar-refractivity contribution in [3.63, 3.8) is 0 Å². The van der Waals surface area contributed by atoms with Gasteiger partial charge in [-0.25, -0.2) is 0 Å². The summed E-state index contributed by atoms with van der Waals surface area (Å²) in [7, 11) is 0. The van der Waals surface area contributed by atoms with E-state index in [0.717, 1.165) is 24.8 Å². The molecule has 0 radical (unpaired) electrons. The minimum absolute atomic E-state index is 0.380. The first kappa shape index (κ1) is 12.0. The lowest BCUT2D eigenvalue weighted by Gasteiger charge is -2.34. The summed E-state index contributed by atoms with van der Waals surface area (Å²) < 4.78 is 0. The highest BCUT2D eigenvalue weighted by molar-refractivity contribution is 4.76. The van der Waals surface area contributed by atoms with Crippen LogP contribution in [0.1, 0.15) is 40.0 Å². The zero-order chi connectivity index (χ0) is 10.6. The van der Waals surface area contributed by atoms with Gasteiger partial charge in [0.1, 0.15) is 0 Å². The van der Waals surface area contributed by atoms with Crippen LogP contribution in [0.3, 0.4) is 0 Å². The number of hydrogen-bond donors (Lipinski definition) is 1. The number of nitrogens with zero attached hydrogens (tertiary/aromatic N) is 1. The van der Waals surface area contributed by atoms with E-state index >= 15 is 0 Å². The van der Waals surface area contributed by atoms with Gasteiger partial charge in [0.25, 0.3) is 0 Å². The molecule has 14 heavy (non-hydrogen) atoms. The van der Waals surface area contributed by atoms with Crippen LogP contribution in [0.25, 0.3) is 0 Å². The summed E-state index contributed by atoms with van der Waals surface area (Å²) in [5, 5.41) is 0. The van der Waals surface area contributed by atoms with Gasteiger partial charge < -0.3 is 10.6 Å². The highest BCUT2D eigenvalue weighted by atomic mass is 15.1. The molecule has 2 heteroatoms. The predicted molar refractivity (Wildman–Crippen MR) is 62.3 cm³/mol. The lowest BCUT2D eigenvalue weighted by molar-refractivity contribution is 0.150. The van der Waals surface area contributed by atoms with Gasteiger partial charge in [0.05, 0.1) is 0 Å². The van der Waals surface area contributed by atoms with E-state index in [0.29, 0.717) is 6.04 Å². The van der Waals surface area contributed by atoms with Gasteiger partial charge in [-0.3, -0.25) is 0 Å². The van der Waals surface area contributed by atoms with Crippen molar-refractivity contribution in [1.82, 2.24) is 4.90 Å². The fourth-order valence-electron chi connectivity index (χ4n) is 2.26. The summed E-state index contributed by atoms with van der Waals surface area (Å²) in [6, 6.07) is 0.380. The molecule has 1 unspecified atom stereocenters. The molecular weight excluding hydrogens is 172 g/mol. The smallest absolute Gasteiger partial charge is 0.0165 e. The van der Waals surface area contributed by atoms with E-state index in [9.17, 15) is 0 Å². The zero-order valence-corrected chi connectivity index (χ0v) is 10.00. The van der Waals surface area contributed by atoms with Crippen molar-refractivity contribution in [1.29, 1.82) is 0 Å². The fraction of sp³-hybridized carbons (Fsp3) is 1.00. The first-order chi connectivity index (χ1) is 6.63. The lowest BCUT2D eigenvalue weighted by atomic mass is 9.86. The number of likely N-dealkylation sites (tertiary alicyclic amines) is 1. The second-order valence-electron chi connectivity index (χ2n) is 5.05. The van der Waals surface area contributed by atoms with Crippen LogP contribution in [0, 0.1) is 11.8 Å². The Labute approximate surface area is 88.8 Å². The third-order valence-corrected chi connectivity index (χ3v) is 3.59. The standard InChI is InChI=1S/C12H26N2/c1-4-12(13)9-14-7-5-11(6-8-14)10(2)3/h10-12H,4-9,13H2,1-3H3. The van der Waals surface area contributed by atoms with Gasteiger partial charge in [0.15, 0.2) is 0 Å². The van der Waals surface area contributed by atoms with Crippen molar-refractivity contribution < 1.29 is 0 Å². The molecule has 1 atom stereocenters. The molecule has 0 aromatic carbocycles. The van der Waals surface area contributed by atoms with Crippen LogP contribution in [0.15, 0.2) is 0 Å². The first-order valence-corrected chi connectivity index (χ1v) is 6.11. The molecule has 2 nitrogen and oxygen atoms in total. The monoisotopic (exact) mass is 198 g/mol. The van der Waals surface area contributed by atoms with E-state index in [4.69, 9.17) is 5.73 Å². The molecule has 0 aromatic heterocycles. The zero-order valence-electron chi connectivity index (χ0n) is 10.00. The molecule has 1 aliphatic rings. The largest absolute Gasteiger partial charge is 0.327 e. The Morgan fingerprint density at radius 3 is 2.29 bits per heavy atom. The Bertz CT molecular complexity index is 148. The third-order valence-electron chi connectivity index (χ3n) is 3.59. The number of nitrogens with two attached hydrogens (primary N) is 1. The van der Waals surface area contributed by atoms with E-state index in [2.05, 4.69) is 25.7 Å². The summed E-state index contributed by atoms with van der Waals surface area (Å²) in [4.78, 5) is 2.53. The van der Waals surface area contributed by atoms with Crippen LogP contribution >= 0.6 is 0 Å². The normalized spacial score (nSPS) is 22.9. The molecule has 0 aromatic rings. The molecule has 0 spiro atoms. The van der Waals surface area contributed by atoms with Crippen molar-refractivity contribution in [2.45, 2.75) is 46.1 Å². The molecule has 0 bridgehead atoms. The quantitative estimate of drug-likeness (QED) is 0.749. The maximum atomic E-state index is 5.96. The molecule has 0 saturated carbocycles. The lowest BCUT2D eigenvalue weighted by Crippen LogP contribution is -2.42. The molecule has 0 amide bonds. The SMILES string of the molecule is CCC(N)CN1CCC(C(C)C)CC1. The molecule has 1 rings (SSSR count). The highest BCUT2D eigenvalue weighted by Crippen LogP contribution is 2.24. The van der Waals surface area contributed by atoms with Crippen molar-refractivity contribution in [2.24, 2.45) is 17.6 Å². The third kappa shape index (κ3) is 3.58. The molecule has 1 heterocycles. The molecule has 1 saturated heterocycles. The molecule has 0 aliphatic carbocycles. The second-order valence-corrected chi connectivity index (χ2v) is 5.05. The van der Waals surface area contributed by atoms with Gasteiger partial charge in [-0.15, -0.1) is 0 Å². The van der Waals surface area contributed by atoms with E-state index < -0.39 is 0 Å². The summed E-state index contributed by atoms with van der Waals surface area (Å²) in [5.41, 5.74) is 5.96. The number of rotatable bonds is 4. The summed E-state index contributed by atoms with van der Waals surface area (Å²) in [5.74, 6) is 1.81. The average molecular weight is 198 g/mol. The molecule has 1 fully saturated rings. The maximum Gasteiger partial charge on any atom is 0.0165 e. The van der Waals surface area contributed by atoms with Crippen molar-refractivity contribution >= 4 is 0 Å². The summed E-state index contributed by atoms with van der Waals surface area (Å²) in [6.45, 7) is 10.5. The minimum Gasteiger partial charge on any atom is -0.327 e. The topological polar surface area (TPSA) is 29.3 Å². The van der Waals surface area contributed by atoms with Gasteiger partial charge in [0, 0.05) is 12.6 Å². The van der Waals surface area contributed by atoms with Crippen LogP contribution in [-0.4, -0.2) is 30.6 Å². The van der Waals surface area contributed by atoms with Crippen LogP contribution < -0.4 is 5.73 Å². The summed E-state index contributed by atoms with van der Waals surface area (Å²) >= 11 is 0. The molecule has 84 valence electrons. The number of piperidine rings is 1. The maximum absolute atomic E-state index is 5.96. The average Bonchev–Trinajstić information content (AvgIpc) is 2.18. The summed E-state index contributed by atoms with van der Waals surface area (Å²) in [6.07, 6.45) is 3.84. The van der Waals surface area contributed by atoms with Gasteiger partial charge in [-0.1, -0.05) is 20.8 Å².